The van der Waals surface area contributed by atoms with E-state index in [4.69, 9.17) is 5.02 Å². The summed E-state index contributed by atoms with van der Waals surface area (Å²) < 4.78 is 14.4. The predicted octanol–water partition coefficient (Wildman–Crippen LogP) is -1.65. The zero-order valence-electron chi connectivity index (χ0n) is 5.13. The van der Waals surface area contributed by atoms with E-state index in [0.29, 0.717) is 13.9 Å². The van der Waals surface area contributed by atoms with Crippen LogP contribution in [0.4, 0.5) is 0 Å². The van der Waals surface area contributed by atoms with Crippen molar-refractivity contribution in [3.05, 3.63) is 0 Å². The zero-order chi connectivity index (χ0) is 6.91. The Hall–Kier alpha value is -0.350. The van der Waals surface area contributed by atoms with Crippen molar-refractivity contribution in [1.82, 2.24) is 5.23 Å². The van der Waals surface area contributed by atoms with Crippen molar-refractivity contribution in [3.63, 3.8) is 0 Å². The monoisotopic (exact) mass is 127 g/mol. The molecule has 0 aromatic rings. The van der Waals surface area contributed by atoms with Gasteiger partial charge in [-0.15, -0.1) is 0 Å². The summed E-state index contributed by atoms with van der Waals surface area (Å²) in [6.07, 6.45) is 0. The summed E-state index contributed by atoms with van der Waals surface area (Å²) in [6.45, 7) is 2.19. The fourth-order valence-electron chi connectivity index (χ4n) is 0.697. The van der Waals surface area contributed by atoms with Gasteiger partial charge >= 0.3 is 53.0 Å². The van der Waals surface area contributed by atoms with E-state index in [1.54, 1.807) is 6.92 Å². The van der Waals surface area contributed by atoms with Crippen molar-refractivity contribution in [2.75, 3.05) is 6.54 Å². The molecule has 1 rings (SSSR count). The first kappa shape index (κ1) is 6.77. The Kier molecular flexibility index (Phi) is 1.59. The number of nitrogens with one attached hydrogen (secondary N) is 1. The van der Waals surface area contributed by atoms with Crippen LogP contribution in [0.15, 0.2) is 0 Å². The van der Waals surface area contributed by atoms with Crippen LogP contribution >= 0.6 is 0 Å². The Morgan fingerprint density at radius 3 is 2.78 bits per heavy atom. The number of hydrogen-bond donors (Lipinski definition) is 2. The summed E-state index contributed by atoms with van der Waals surface area (Å²) in [7, 11) is -0.355. The van der Waals surface area contributed by atoms with Gasteiger partial charge in [0.15, 0.2) is 0 Å². The second-order valence-electron chi connectivity index (χ2n) is 2.31. The SMILES string of the molecule is CC1(OB=O)CNB1O. The van der Waals surface area contributed by atoms with Crippen molar-refractivity contribution in [3.8, 4) is 0 Å². The van der Waals surface area contributed by atoms with E-state index in [-0.39, 0.29) is 0 Å². The third-order valence-electron chi connectivity index (χ3n) is 1.54. The second kappa shape index (κ2) is 2.11. The van der Waals surface area contributed by atoms with Crippen molar-refractivity contribution < 1.29 is 14.4 Å². The number of hydrogen-bond acceptors (Lipinski definition) is 4. The summed E-state index contributed by atoms with van der Waals surface area (Å²) in [6, 6.07) is 0. The fourth-order valence-corrected chi connectivity index (χ4v) is 0.697. The van der Waals surface area contributed by atoms with E-state index in [1.807, 2.05) is 0 Å². The Balaban J connectivity index is 2.43. The van der Waals surface area contributed by atoms with Gasteiger partial charge in [-0.2, -0.15) is 0 Å². The molecule has 1 unspecified atom stereocenters. The van der Waals surface area contributed by atoms with Gasteiger partial charge in [0, 0.05) is 0 Å². The molecular formula is C3H7B2NO3. The molecule has 9 heavy (non-hydrogen) atoms. The summed E-state index contributed by atoms with van der Waals surface area (Å²) in [5, 5.41) is 11.6. The van der Waals surface area contributed by atoms with Gasteiger partial charge < -0.3 is 0 Å². The van der Waals surface area contributed by atoms with Gasteiger partial charge in [0.1, 0.15) is 0 Å². The third kappa shape index (κ3) is 0.997. The van der Waals surface area contributed by atoms with Crippen LogP contribution in [0.2, 0.25) is 0 Å². The second-order valence-corrected chi connectivity index (χ2v) is 2.31. The van der Waals surface area contributed by atoms with Crippen LogP contribution in [0, 0.1) is 0 Å². The van der Waals surface area contributed by atoms with Crippen molar-refractivity contribution in [1.29, 1.82) is 0 Å². The Labute approximate surface area is 54.0 Å². The topological polar surface area (TPSA) is 58.6 Å². The molecular weight excluding hydrogens is 120 g/mol. The quantitative estimate of drug-likeness (QED) is 0.436. The van der Waals surface area contributed by atoms with E-state index < -0.39 is 12.6 Å². The van der Waals surface area contributed by atoms with Crippen molar-refractivity contribution in [2.45, 2.75) is 12.4 Å². The minimum atomic E-state index is -0.706. The van der Waals surface area contributed by atoms with Crippen molar-refractivity contribution in [2.24, 2.45) is 0 Å². The molecule has 1 aliphatic heterocycles. The fraction of sp³-hybridized carbons (Fsp3) is 1.00. The van der Waals surface area contributed by atoms with Crippen LogP contribution < -0.4 is 5.23 Å². The molecule has 0 aromatic heterocycles. The molecule has 1 atom stereocenters. The predicted molar refractivity (Wildman–Crippen MR) is 31.9 cm³/mol. The van der Waals surface area contributed by atoms with Gasteiger partial charge in [-0.1, -0.05) is 0 Å². The standard InChI is InChI=1S/C3H7B2NO3/c1-3(9-4-7)2-6-5(3)8/h6,8H,2H2,1H3. The van der Waals surface area contributed by atoms with Crippen LogP contribution in [0.25, 0.3) is 0 Å². The molecule has 0 aliphatic carbocycles. The van der Waals surface area contributed by atoms with Crippen LogP contribution in [-0.4, -0.2) is 31.5 Å². The molecule has 0 aromatic carbocycles. The molecule has 1 heterocycles. The van der Waals surface area contributed by atoms with Gasteiger partial charge in [0.25, 0.3) is 0 Å². The minimum absolute atomic E-state index is 0.351. The van der Waals surface area contributed by atoms with Gasteiger partial charge in [0.2, 0.25) is 0 Å². The van der Waals surface area contributed by atoms with Crippen LogP contribution in [-0.2, 0) is 9.36 Å². The van der Waals surface area contributed by atoms with Crippen LogP contribution in [0.3, 0.4) is 0 Å². The maximum atomic E-state index is 9.80. The van der Waals surface area contributed by atoms with Gasteiger partial charge in [0.05, 0.1) is 0 Å². The first-order valence-electron chi connectivity index (χ1n) is 2.72. The number of rotatable bonds is 2. The van der Waals surface area contributed by atoms with E-state index in [9.17, 15) is 4.70 Å². The zero-order valence-corrected chi connectivity index (χ0v) is 5.13. The average Bonchev–Trinajstić information content (AvgIpc) is 1.86. The Morgan fingerprint density at radius 2 is 2.67 bits per heavy atom. The van der Waals surface area contributed by atoms with E-state index >= 15 is 0 Å². The molecule has 0 radical (unpaired) electrons. The van der Waals surface area contributed by atoms with Crippen LogP contribution in [0.5, 0.6) is 0 Å². The molecule has 1 aliphatic rings. The van der Waals surface area contributed by atoms with Crippen LogP contribution in [0.1, 0.15) is 6.92 Å². The van der Waals surface area contributed by atoms with E-state index in [0.717, 1.165) is 0 Å². The molecule has 48 valence electrons. The molecule has 0 amide bonds. The molecule has 2 N–H and O–H groups in total. The summed E-state index contributed by atoms with van der Waals surface area (Å²) in [4.78, 5) is 0. The first-order valence-corrected chi connectivity index (χ1v) is 2.72. The van der Waals surface area contributed by atoms with E-state index in [2.05, 4.69) is 9.88 Å². The third-order valence-corrected chi connectivity index (χ3v) is 1.54. The first-order chi connectivity index (χ1) is 4.19. The summed E-state index contributed by atoms with van der Waals surface area (Å²) >= 11 is 0. The molecule has 0 bridgehead atoms. The molecule has 6 heteroatoms. The van der Waals surface area contributed by atoms with Gasteiger partial charge in [-0.25, -0.2) is 0 Å². The Morgan fingerprint density at radius 1 is 2.00 bits per heavy atom. The summed E-state index contributed by atoms with van der Waals surface area (Å²) in [5.41, 5.74) is -0.693. The molecule has 0 spiro atoms. The van der Waals surface area contributed by atoms with Gasteiger partial charge in [-0.3, -0.25) is 0 Å². The Bertz CT molecular complexity index is 132. The molecule has 0 saturated carbocycles. The molecule has 1 fully saturated rings. The maximum absolute atomic E-state index is 9.80. The van der Waals surface area contributed by atoms with E-state index in [1.165, 1.54) is 0 Å². The van der Waals surface area contributed by atoms with Crippen molar-refractivity contribution >= 4 is 14.4 Å². The summed E-state index contributed by atoms with van der Waals surface area (Å²) in [5.74, 6) is 0. The van der Waals surface area contributed by atoms with Gasteiger partial charge in [-0.05, 0) is 0 Å². The molecule has 4 nitrogen and oxygen atoms in total. The average molecular weight is 127 g/mol. The normalized spacial score (nSPS) is 32.9. The molecule has 1 saturated heterocycles.